The van der Waals surface area contributed by atoms with Crippen LogP contribution in [0.5, 0.6) is 0 Å². The number of benzene rings is 1. The Hall–Kier alpha value is -2.84. The molecule has 2 aromatic heterocycles. The zero-order valence-corrected chi connectivity index (χ0v) is 23.7. The molecule has 0 bridgehead atoms. The normalized spacial score (nSPS) is 18.4. The molecule has 13 heteroatoms. The molecule has 9 nitrogen and oxygen atoms in total. The van der Waals surface area contributed by atoms with Gasteiger partial charge in [-0.25, -0.2) is 8.42 Å². The highest BCUT2D eigenvalue weighted by Gasteiger charge is 2.34. The average molecular weight is 593 g/mol. The molecule has 3 N–H and O–H groups in total. The summed E-state index contributed by atoms with van der Waals surface area (Å²) < 4.78 is 68.2. The van der Waals surface area contributed by atoms with Gasteiger partial charge in [0.25, 0.3) is 0 Å². The minimum atomic E-state index is -4.55. The van der Waals surface area contributed by atoms with Crippen LogP contribution in [-0.4, -0.2) is 76.0 Å². The molecule has 3 aromatic rings. The van der Waals surface area contributed by atoms with Gasteiger partial charge in [-0.3, -0.25) is 9.67 Å². The Bertz CT molecular complexity index is 1470. The highest BCUT2D eigenvalue weighted by molar-refractivity contribution is 7.88. The lowest BCUT2D eigenvalue weighted by atomic mass is 9.90. The van der Waals surface area contributed by atoms with Crippen LogP contribution < -0.4 is 5.73 Å². The summed E-state index contributed by atoms with van der Waals surface area (Å²) in [5.41, 5.74) is 8.31. The molecule has 1 saturated heterocycles. The zero-order chi connectivity index (χ0) is 29.4. The molecule has 0 saturated carbocycles. The number of fused-ring (bicyclic) bond motifs is 1. The second-order valence-corrected chi connectivity index (χ2v) is 12.9. The van der Waals surface area contributed by atoms with Crippen LogP contribution in [0.25, 0.3) is 11.3 Å². The number of sulfonamides is 1. The summed E-state index contributed by atoms with van der Waals surface area (Å²) in [5, 5.41) is 15.8. The van der Waals surface area contributed by atoms with Crippen molar-refractivity contribution in [2.45, 2.75) is 57.1 Å². The number of alkyl halides is 3. The Morgan fingerprint density at radius 2 is 1.80 bits per heavy atom. The van der Waals surface area contributed by atoms with Crippen molar-refractivity contribution >= 4 is 10.0 Å². The summed E-state index contributed by atoms with van der Waals surface area (Å²) in [6.07, 6.45) is 1.81. The maximum Gasteiger partial charge on any atom is 0.416 e. The van der Waals surface area contributed by atoms with E-state index in [0.29, 0.717) is 35.7 Å². The monoisotopic (exact) mass is 592 g/mol. The lowest BCUT2D eigenvalue weighted by molar-refractivity contribution is -0.138. The van der Waals surface area contributed by atoms with Crippen LogP contribution in [0.1, 0.15) is 46.7 Å². The summed E-state index contributed by atoms with van der Waals surface area (Å²) in [6.45, 7) is 2.36. The van der Waals surface area contributed by atoms with Crippen molar-refractivity contribution in [1.29, 1.82) is 0 Å². The molecule has 0 spiro atoms. The topological polar surface area (TPSA) is 118 Å². The standard InChI is InChI=1S/C28H35F3N6O3S/c1-41(39,40)36-13-8-26-24(18-36)27(21-2-3-25(28(29,30)31)22(14-21)15-32)34-37(26)17-23(38)16-35-11-6-20(7-12-35)19-4-9-33-10-5-19/h2-5,9-10,14,20,23,38H,6-8,11-13,15-18,32H2,1H3. The fourth-order valence-electron chi connectivity index (χ4n) is 5.96. The molecule has 222 valence electrons. The number of hydrogen-bond donors (Lipinski definition) is 2. The highest BCUT2D eigenvalue weighted by atomic mass is 32.2. The number of piperidine rings is 1. The Balaban J connectivity index is 1.36. The molecule has 0 aliphatic carbocycles. The predicted octanol–water partition coefficient (Wildman–Crippen LogP) is 2.98. The SMILES string of the molecule is CS(=O)(=O)N1CCc2c(c(-c3ccc(C(F)(F)F)c(CN)c3)nn2CC(O)CN2CCC(c3ccncc3)CC2)C1. The van der Waals surface area contributed by atoms with Crippen LogP contribution in [0.3, 0.4) is 0 Å². The molecule has 4 heterocycles. The number of hydrogen-bond acceptors (Lipinski definition) is 7. The number of nitrogens with two attached hydrogens (primary N) is 1. The predicted molar refractivity (Wildman–Crippen MR) is 148 cm³/mol. The van der Waals surface area contributed by atoms with Gasteiger partial charge in [0.05, 0.1) is 30.2 Å². The number of likely N-dealkylation sites (tertiary alicyclic amines) is 1. The summed E-state index contributed by atoms with van der Waals surface area (Å²) >= 11 is 0. The van der Waals surface area contributed by atoms with Gasteiger partial charge in [-0.05, 0) is 67.2 Å². The Morgan fingerprint density at radius 1 is 1.10 bits per heavy atom. The third kappa shape index (κ3) is 6.64. The average Bonchev–Trinajstić information content (AvgIpc) is 3.30. The second-order valence-electron chi connectivity index (χ2n) is 10.9. The molecule has 2 aliphatic heterocycles. The van der Waals surface area contributed by atoms with E-state index in [4.69, 9.17) is 10.8 Å². The summed E-state index contributed by atoms with van der Waals surface area (Å²) in [5.74, 6) is 0.465. The minimum absolute atomic E-state index is 0.0566. The van der Waals surface area contributed by atoms with E-state index in [1.54, 1.807) is 17.1 Å². The summed E-state index contributed by atoms with van der Waals surface area (Å²) in [7, 11) is -3.50. The zero-order valence-electron chi connectivity index (χ0n) is 22.9. The van der Waals surface area contributed by atoms with Crippen LogP contribution >= 0.6 is 0 Å². The lowest BCUT2D eigenvalue weighted by Crippen LogP contribution is -2.40. The minimum Gasteiger partial charge on any atom is -0.390 e. The van der Waals surface area contributed by atoms with Crippen molar-refractivity contribution in [2.24, 2.45) is 5.73 Å². The number of β-amino-alcohol motifs (C(OH)–C–C–N with tert-alkyl or cyclic N) is 1. The molecular weight excluding hydrogens is 557 g/mol. The number of pyridine rings is 1. The Labute approximate surface area is 237 Å². The first-order valence-electron chi connectivity index (χ1n) is 13.7. The van der Waals surface area contributed by atoms with Gasteiger partial charge in [0.1, 0.15) is 0 Å². The van der Waals surface area contributed by atoms with E-state index in [9.17, 15) is 26.7 Å². The van der Waals surface area contributed by atoms with Crippen LogP contribution in [-0.2, 0) is 42.3 Å². The van der Waals surface area contributed by atoms with Crippen LogP contribution in [0.15, 0.2) is 42.7 Å². The summed E-state index contributed by atoms with van der Waals surface area (Å²) in [4.78, 5) is 6.32. The number of rotatable bonds is 8. The van der Waals surface area contributed by atoms with Crippen LogP contribution in [0, 0.1) is 0 Å². The van der Waals surface area contributed by atoms with Crippen molar-refractivity contribution in [1.82, 2.24) is 24.0 Å². The van der Waals surface area contributed by atoms with E-state index < -0.39 is 27.9 Å². The van der Waals surface area contributed by atoms with Gasteiger partial charge in [0.2, 0.25) is 10.0 Å². The van der Waals surface area contributed by atoms with Crippen molar-refractivity contribution in [3.63, 3.8) is 0 Å². The van der Waals surface area contributed by atoms with Gasteiger partial charge in [-0.2, -0.15) is 22.6 Å². The van der Waals surface area contributed by atoms with E-state index >= 15 is 0 Å². The highest BCUT2D eigenvalue weighted by Crippen LogP contribution is 2.37. The largest absolute Gasteiger partial charge is 0.416 e. The molecule has 5 rings (SSSR count). The van der Waals surface area contributed by atoms with Crippen molar-refractivity contribution in [3.05, 3.63) is 70.7 Å². The van der Waals surface area contributed by atoms with Gasteiger partial charge in [0, 0.05) is 61.8 Å². The fraction of sp³-hybridized carbons (Fsp3) is 0.500. The molecule has 1 unspecified atom stereocenters. The van der Waals surface area contributed by atoms with Crippen molar-refractivity contribution < 1.29 is 26.7 Å². The summed E-state index contributed by atoms with van der Waals surface area (Å²) in [6, 6.07) is 7.80. The maximum absolute atomic E-state index is 13.5. The van der Waals surface area contributed by atoms with E-state index in [-0.39, 0.29) is 31.7 Å². The first kappa shape index (κ1) is 29.6. The molecule has 2 aliphatic rings. The number of aromatic nitrogens is 3. The van der Waals surface area contributed by atoms with E-state index in [2.05, 4.69) is 9.88 Å². The molecular formula is C28H35F3N6O3S. The number of nitrogens with zero attached hydrogens (tertiary/aromatic N) is 5. The van der Waals surface area contributed by atoms with E-state index in [1.165, 1.54) is 22.0 Å². The van der Waals surface area contributed by atoms with Crippen LogP contribution in [0.4, 0.5) is 13.2 Å². The fourth-order valence-corrected chi connectivity index (χ4v) is 6.74. The van der Waals surface area contributed by atoms with Crippen LogP contribution in [0.2, 0.25) is 0 Å². The second kappa shape index (κ2) is 11.8. The van der Waals surface area contributed by atoms with Crippen molar-refractivity contribution in [2.75, 3.05) is 32.4 Å². The molecule has 1 atom stereocenters. The quantitative estimate of drug-likeness (QED) is 0.413. The third-order valence-electron chi connectivity index (χ3n) is 8.09. The number of aliphatic hydroxyl groups excluding tert-OH is 1. The first-order valence-corrected chi connectivity index (χ1v) is 15.5. The van der Waals surface area contributed by atoms with Gasteiger partial charge < -0.3 is 15.7 Å². The molecule has 1 aromatic carbocycles. The molecule has 0 amide bonds. The van der Waals surface area contributed by atoms with Gasteiger partial charge >= 0.3 is 6.18 Å². The van der Waals surface area contributed by atoms with E-state index in [0.717, 1.165) is 43.9 Å². The van der Waals surface area contributed by atoms with Crippen molar-refractivity contribution in [3.8, 4) is 11.3 Å². The molecule has 1 fully saturated rings. The molecule has 0 radical (unpaired) electrons. The number of aliphatic hydroxyl groups is 1. The Kier molecular flexibility index (Phi) is 8.53. The number of halogens is 3. The Morgan fingerprint density at radius 3 is 2.44 bits per heavy atom. The molecule has 41 heavy (non-hydrogen) atoms. The smallest absolute Gasteiger partial charge is 0.390 e. The lowest BCUT2D eigenvalue weighted by Gasteiger charge is -2.33. The van der Waals surface area contributed by atoms with Gasteiger partial charge in [-0.1, -0.05) is 6.07 Å². The third-order valence-corrected chi connectivity index (χ3v) is 9.34. The van der Waals surface area contributed by atoms with Gasteiger partial charge in [0.15, 0.2) is 0 Å². The maximum atomic E-state index is 13.5. The van der Waals surface area contributed by atoms with Gasteiger partial charge in [-0.15, -0.1) is 0 Å². The first-order chi connectivity index (χ1) is 19.4. The van der Waals surface area contributed by atoms with E-state index in [1.807, 2.05) is 12.1 Å².